The number of amides is 1. The molecule has 2 heterocycles. The lowest BCUT2D eigenvalue weighted by Gasteiger charge is -2.19. The van der Waals surface area contributed by atoms with Crippen molar-refractivity contribution in [3.8, 4) is 11.5 Å². The van der Waals surface area contributed by atoms with E-state index in [-0.39, 0.29) is 11.8 Å². The van der Waals surface area contributed by atoms with Gasteiger partial charge in [0.05, 0.1) is 11.6 Å². The van der Waals surface area contributed by atoms with Gasteiger partial charge in [0.15, 0.2) is 11.5 Å². The van der Waals surface area contributed by atoms with Gasteiger partial charge in [-0.15, -0.1) is 0 Å². The highest BCUT2D eigenvalue weighted by atomic mass is 16.6. The molecular weight excluding hydrogens is 318 g/mol. The summed E-state index contributed by atoms with van der Waals surface area (Å²) in [5.41, 5.74) is 4.08. The molecule has 6 nitrogen and oxygen atoms in total. The zero-order chi connectivity index (χ0) is 18.0. The molecule has 1 aromatic carbocycles. The highest BCUT2D eigenvalue weighted by Gasteiger charge is 2.22. The van der Waals surface area contributed by atoms with Crippen LogP contribution in [0.15, 0.2) is 18.2 Å². The highest BCUT2D eigenvalue weighted by Crippen LogP contribution is 2.30. The first kappa shape index (κ1) is 17.3. The molecule has 0 radical (unpaired) electrons. The largest absolute Gasteiger partial charge is 0.486 e. The monoisotopic (exact) mass is 343 g/mol. The maximum absolute atomic E-state index is 12.5. The van der Waals surface area contributed by atoms with Crippen LogP contribution in [0.4, 0.5) is 0 Å². The van der Waals surface area contributed by atoms with E-state index in [0.29, 0.717) is 19.8 Å². The van der Waals surface area contributed by atoms with Gasteiger partial charge in [-0.25, -0.2) is 0 Å². The predicted octanol–water partition coefficient (Wildman–Crippen LogP) is 2.27. The van der Waals surface area contributed by atoms with E-state index in [1.54, 1.807) is 0 Å². The summed E-state index contributed by atoms with van der Waals surface area (Å²) in [7, 11) is 1.90. The van der Waals surface area contributed by atoms with E-state index in [1.807, 2.05) is 50.7 Å². The number of aromatic nitrogens is 2. The van der Waals surface area contributed by atoms with Crippen LogP contribution >= 0.6 is 0 Å². The molecule has 25 heavy (non-hydrogen) atoms. The fourth-order valence-electron chi connectivity index (χ4n) is 3.27. The van der Waals surface area contributed by atoms with Crippen molar-refractivity contribution >= 4 is 5.91 Å². The Labute approximate surface area is 148 Å². The molecule has 1 atom stereocenters. The number of ether oxygens (including phenoxy) is 2. The Morgan fingerprint density at radius 2 is 2.00 bits per heavy atom. The number of nitrogens with zero attached hydrogens (tertiary/aromatic N) is 2. The van der Waals surface area contributed by atoms with Crippen LogP contribution in [0.1, 0.15) is 35.4 Å². The molecule has 1 aromatic heterocycles. The van der Waals surface area contributed by atoms with Gasteiger partial charge in [0.1, 0.15) is 13.2 Å². The number of nitrogens with one attached hydrogen (secondary N) is 1. The zero-order valence-corrected chi connectivity index (χ0v) is 15.3. The molecule has 0 aliphatic carbocycles. The van der Waals surface area contributed by atoms with Crippen molar-refractivity contribution in [2.75, 3.05) is 19.8 Å². The van der Waals surface area contributed by atoms with Gasteiger partial charge in [-0.05, 0) is 44.9 Å². The van der Waals surface area contributed by atoms with Crippen molar-refractivity contribution in [2.45, 2.75) is 33.1 Å². The smallest absolute Gasteiger partial charge is 0.227 e. The molecule has 0 saturated carbocycles. The predicted molar refractivity (Wildman–Crippen MR) is 95.2 cm³/mol. The van der Waals surface area contributed by atoms with Crippen LogP contribution in [0.5, 0.6) is 11.5 Å². The quantitative estimate of drug-likeness (QED) is 0.904. The van der Waals surface area contributed by atoms with Gasteiger partial charge in [-0.3, -0.25) is 9.48 Å². The van der Waals surface area contributed by atoms with Crippen molar-refractivity contribution in [3.63, 3.8) is 0 Å². The minimum Gasteiger partial charge on any atom is -0.486 e. The summed E-state index contributed by atoms with van der Waals surface area (Å²) >= 11 is 0. The molecule has 0 saturated heterocycles. The van der Waals surface area contributed by atoms with Crippen molar-refractivity contribution in [1.82, 2.24) is 15.1 Å². The number of fused-ring (bicyclic) bond motifs is 1. The summed E-state index contributed by atoms with van der Waals surface area (Å²) in [6, 6.07) is 5.93. The minimum atomic E-state index is -0.214. The van der Waals surface area contributed by atoms with Crippen LogP contribution in [-0.2, 0) is 18.3 Å². The third kappa shape index (κ3) is 3.62. The Morgan fingerprint density at radius 3 is 2.68 bits per heavy atom. The Hall–Kier alpha value is -2.50. The summed E-state index contributed by atoms with van der Waals surface area (Å²) in [6.07, 6.45) is 0.750. The second-order valence-electron chi connectivity index (χ2n) is 6.45. The third-order valence-corrected chi connectivity index (χ3v) is 4.71. The molecule has 6 heteroatoms. The van der Waals surface area contributed by atoms with E-state index in [4.69, 9.17) is 9.47 Å². The fraction of sp³-hybridized carbons (Fsp3) is 0.474. The van der Waals surface area contributed by atoms with Gasteiger partial charge in [0.2, 0.25) is 5.91 Å². The van der Waals surface area contributed by atoms with Gasteiger partial charge in [0.25, 0.3) is 0 Å². The Morgan fingerprint density at radius 1 is 1.28 bits per heavy atom. The molecule has 134 valence electrons. The number of aryl methyl sites for hydroxylation is 2. The average Bonchev–Trinajstić information content (AvgIpc) is 2.86. The van der Waals surface area contributed by atoms with Crippen LogP contribution in [0, 0.1) is 13.8 Å². The lowest BCUT2D eigenvalue weighted by Crippen LogP contribution is -2.30. The molecule has 0 bridgehead atoms. The number of hydrogen-bond acceptors (Lipinski definition) is 4. The lowest BCUT2D eigenvalue weighted by atomic mass is 9.98. The van der Waals surface area contributed by atoms with E-state index in [9.17, 15) is 4.79 Å². The molecule has 3 rings (SSSR count). The molecule has 0 unspecified atom stereocenters. The van der Waals surface area contributed by atoms with Gasteiger partial charge in [-0.1, -0.05) is 6.07 Å². The standard InChI is InChI=1S/C19H25N3O3/c1-12(18-13(2)21-22(4)14(18)3)19(23)20-8-7-15-5-6-16-17(11-15)25-10-9-24-16/h5-6,11-12H,7-10H2,1-4H3,(H,20,23)/t12-/m0/s1. The Kier molecular flexibility index (Phi) is 4.97. The Balaban J connectivity index is 1.57. The first-order valence-electron chi connectivity index (χ1n) is 8.63. The van der Waals surface area contributed by atoms with Gasteiger partial charge in [0, 0.05) is 24.8 Å². The zero-order valence-electron chi connectivity index (χ0n) is 15.3. The number of benzene rings is 1. The number of carbonyl (C=O) groups excluding carboxylic acids is 1. The summed E-state index contributed by atoms with van der Waals surface area (Å²) < 4.78 is 12.9. The van der Waals surface area contributed by atoms with Crippen molar-refractivity contribution in [2.24, 2.45) is 7.05 Å². The number of rotatable bonds is 5. The number of hydrogen-bond donors (Lipinski definition) is 1. The molecule has 2 aromatic rings. The topological polar surface area (TPSA) is 65.4 Å². The maximum atomic E-state index is 12.5. The molecule has 1 N–H and O–H groups in total. The van der Waals surface area contributed by atoms with Crippen molar-refractivity contribution in [3.05, 3.63) is 40.7 Å². The van der Waals surface area contributed by atoms with Gasteiger partial charge >= 0.3 is 0 Å². The van der Waals surface area contributed by atoms with Crippen LogP contribution in [0.3, 0.4) is 0 Å². The molecule has 1 aliphatic heterocycles. The maximum Gasteiger partial charge on any atom is 0.227 e. The van der Waals surface area contributed by atoms with E-state index in [2.05, 4.69) is 10.4 Å². The van der Waals surface area contributed by atoms with Gasteiger partial charge < -0.3 is 14.8 Å². The molecule has 0 spiro atoms. The second kappa shape index (κ2) is 7.17. The van der Waals surface area contributed by atoms with Gasteiger partial charge in [-0.2, -0.15) is 5.10 Å². The SMILES string of the molecule is Cc1nn(C)c(C)c1[C@H](C)C(=O)NCCc1ccc2c(c1)OCCO2. The minimum absolute atomic E-state index is 0.0248. The van der Waals surface area contributed by atoms with E-state index in [1.165, 1.54) is 0 Å². The highest BCUT2D eigenvalue weighted by molar-refractivity contribution is 5.83. The van der Waals surface area contributed by atoms with Crippen LogP contribution in [-0.4, -0.2) is 35.4 Å². The van der Waals surface area contributed by atoms with Crippen LogP contribution < -0.4 is 14.8 Å². The second-order valence-corrected chi connectivity index (χ2v) is 6.45. The summed E-state index contributed by atoms with van der Waals surface area (Å²) in [4.78, 5) is 12.5. The first-order chi connectivity index (χ1) is 12.0. The summed E-state index contributed by atoms with van der Waals surface area (Å²) in [5.74, 6) is 1.38. The number of carbonyl (C=O) groups is 1. The Bertz CT molecular complexity index is 782. The third-order valence-electron chi connectivity index (χ3n) is 4.71. The van der Waals surface area contributed by atoms with E-state index < -0.39 is 0 Å². The van der Waals surface area contributed by atoms with E-state index in [0.717, 1.165) is 40.4 Å². The molecule has 0 fully saturated rings. The van der Waals surface area contributed by atoms with Crippen molar-refractivity contribution < 1.29 is 14.3 Å². The molecule has 1 aliphatic rings. The van der Waals surface area contributed by atoms with Crippen molar-refractivity contribution in [1.29, 1.82) is 0 Å². The molecular formula is C19H25N3O3. The first-order valence-corrected chi connectivity index (χ1v) is 8.63. The normalized spacial score (nSPS) is 14.2. The fourth-order valence-corrected chi connectivity index (χ4v) is 3.27. The lowest BCUT2D eigenvalue weighted by molar-refractivity contribution is -0.122. The van der Waals surface area contributed by atoms with Crippen LogP contribution in [0.25, 0.3) is 0 Å². The average molecular weight is 343 g/mol. The van der Waals surface area contributed by atoms with E-state index >= 15 is 0 Å². The van der Waals surface area contributed by atoms with Crippen LogP contribution in [0.2, 0.25) is 0 Å². The summed E-state index contributed by atoms with van der Waals surface area (Å²) in [6.45, 7) is 7.62. The summed E-state index contributed by atoms with van der Waals surface area (Å²) in [5, 5.41) is 7.42. The molecule has 1 amide bonds.